The van der Waals surface area contributed by atoms with Gasteiger partial charge >= 0.3 is 0 Å². The predicted molar refractivity (Wildman–Crippen MR) is 103 cm³/mol. The van der Waals surface area contributed by atoms with E-state index in [1.54, 1.807) is 11.9 Å². The van der Waals surface area contributed by atoms with Crippen LogP contribution in [0.4, 0.5) is 0 Å². The number of rotatable bonds is 5. The summed E-state index contributed by atoms with van der Waals surface area (Å²) in [4.78, 5) is 39.6. The summed E-state index contributed by atoms with van der Waals surface area (Å²) in [6.45, 7) is 0.952. The van der Waals surface area contributed by atoms with Gasteiger partial charge in [0.25, 0.3) is 0 Å². The number of carbonyl (C=O) groups is 3. The van der Waals surface area contributed by atoms with Crippen molar-refractivity contribution < 1.29 is 14.4 Å². The molecule has 1 saturated heterocycles. The van der Waals surface area contributed by atoms with Crippen LogP contribution < -0.4 is 10.6 Å². The van der Waals surface area contributed by atoms with E-state index in [1.807, 2.05) is 30.3 Å². The molecule has 2 fully saturated rings. The fourth-order valence-electron chi connectivity index (χ4n) is 4.19. The van der Waals surface area contributed by atoms with Crippen LogP contribution in [0.5, 0.6) is 0 Å². The van der Waals surface area contributed by atoms with E-state index < -0.39 is 5.54 Å². The SMILES string of the molecule is CNC(=O)C1(NC(=O)C2CCCC2)CCN(C(=O)Cc2ccccc2)CC1. The number of hydrogen-bond donors (Lipinski definition) is 2. The van der Waals surface area contributed by atoms with E-state index in [-0.39, 0.29) is 23.6 Å². The largest absolute Gasteiger partial charge is 0.357 e. The van der Waals surface area contributed by atoms with Crippen molar-refractivity contribution in [2.45, 2.75) is 50.5 Å². The van der Waals surface area contributed by atoms with Crippen LogP contribution in [0.3, 0.4) is 0 Å². The van der Waals surface area contributed by atoms with E-state index in [0.717, 1.165) is 31.2 Å². The number of amides is 3. The lowest BCUT2D eigenvalue weighted by Gasteiger charge is -2.41. The van der Waals surface area contributed by atoms with Crippen molar-refractivity contribution in [1.82, 2.24) is 15.5 Å². The van der Waals surface area contributed by atoms with E-state index in [0.29, 0.717) is 32.4 Å². The van der Waals surface area contributed by atoms with Crippen molar-refractivity contribution in [1.29, 1.82) is 0 Å². The predicted octanol–water partition coefficient (Wildman–Crippen LogP) is 1.64. The van der Waals surface area contributed by atoms with E-state index in [2.05, 4.69) is 10.6 Å². The average molecular weight is 371 g/mol. The lowest BCUT2D eigenvalue weighted by atomic mass is 9.85. The third-order valence-electron chi connectivity index (χ3n) is 5.92. The summed E-state index contributed by atoms with van der Waals surface area (Å²) < 4.78 is 0. The van der Waals surface area contributed by atoms with Gasteiger partial charge < -0.3 is 15.5 Å². The molecular formula is C21H29N3O3. The van der Waals surface area contributed by atoms with Crippen molar-refractivity contribution in [3.8, 4) is 0 Å². The molecule has 1 heterocycles. The number of hydrogen-bond acceptors (Lipinski definition) is 3. The van der Waals surface area contributed by atoms with Crippen LogP contribution in [0.2, 0.25) is 0 Å². The molecule has 3 amide bonds. The molecule has 2 N–H and O–H groups in total. The van der Waals surface area contributed by atoms with E-state index in [4.69, 9.17) is 0 Å². The molecular weight excluding hydrogens is 342 g/mol. The Labute approximate surface area is 160 Å². The molecule has 0 bridgehead atoms. The summed E-state index contributed by atoms with van der Waals surface area (Å²) in [6.07, 6.45) is 5.22. The number of nitrogens with one attached hydrogen (secondary N) is 2. The van der Waals surface area contributed by atoms with Crippen LogP contribution in [-0.2, 0) is 20.8 Å². The first-order chi connectivity index (χ1) is 13.0. The minimum atomic E-state index is -0.905. The molecule has 1 aliphatic heterocycles. The minimum absolute atomic E-state index is 0.0137. The van der Waals surface area contributed by atoms with E-state index in [1.165, 1.54) is 0 Å². The Morgan fingerprint density at radius 1 is 1.07 bits per heavy atom. The molecule has 0 aromatic heterocycles. The maximum Gasteiger partial charge on any atom is 0.245 e. The minimum Gasteiger partial charge on any atom is -0.357 e. The highest BCUT2D eigenvalue weighted by atomic mass is 16.2. The number of likely N-dealkylation sites (N-methyl/N-ethyl adjacent to an activating group) is 1. The topological polar surface area (TPSA) is 78.5 Å². The number of benzene rings is 1. The molecule has 1 aliphatic carbocycles. The normalized spacial score (nSPS) is 19.5. The Kier molecular flexibility index (Phi) is 6.14. The fraction of sp³-hybridized carbons (Fsp3) is 0.571. The summed E-state index contributed by atoms with van der Waals surface area (Å²) >= 11 is 0. The summed E-state index contributed by atoms with van der Waals surface area (Å²) in [6, 6.07) is 9.67. The first-order valence-electron chi connectivity index (χ1n) is 9.90. The van der Waals surface area contributed by atoms with Gasteiger partial charge in [0.2, 0.25) is 17.7 Å². The molecule has 0 spiro atoms. The Balaban J connectivity index is 1.62. The third kappa shape index (κ3) is 4.49. The summed E-state index contributed by atoms with van der Waals surface area (Å²) in [5.74, 6) is -0.0951. The van der Waals surface area contributed by atoms with Crippen molar-refractivity contribution >= 4 is 17.7 Å². The van der Waals surface area contributed by atoms with Gasteiger partial charge in [-0.3, -0.25) is 14.4 Å². The highest BCUT2D eigenvalue weighted by molar-refractivity contribution is 5.92. The standard InChI is InChI=1S/C21H29N3O3/c1-22-20(27)21(23-19(26)17-9-5-6-10-17)11-13-24(14-12-21)18(25)15-16-7-3-2-4-8-16/h2-4,7-8,17H,5-6,9-15H2,1H3,(H,22,27)(H,23,26). The highest BCUT2D eigenvalue weighted by Gasteiger charge is 2.44. The maximum atomic E-state index is 12.6. The molecule has 27 heavy (non-hydrogen) atoms. The number of piperidine rings is 1. The second kappa shape index (κ2) is 8.55. The molecule has 6 nitrogen and oxygen atoms in total. The molecule has 0 radical (unpaired) electrons. The summed E-state index contributed by atoms with van der Waals surface area (Å²) in [7, 11) is 1.60. The molecule has 2 aliphatic rings. The van der Waals surface area contributed by atoms with Crippen molar-refractivity contribution in [2.24, 2.45) is 5.92 Å². The number of nitrogens with zero attached hydrogens (tertiary/aromatic N) is 1. The third-order valence-corrected chi connectivity index (χ3v) is 5.92. The average Bonchev–Trinajstić information content (AvgIpc) is 3.23. The van der Waals surface area contributed by atoms with E-state index in [9.17, 15) is 14.4 Å². The zero-order chi connectivity index (χ0) is 19.3. The van der Waals surface area contributed by atoms with Crippen molar-refractivity contribution in [3.05, 3.63) is 35.9 Å². The van der Waals surface area contributed by atoms with Crippen LogP contribution in [0.1, 0.15) is 44.1 Å². The van der Waals surface area contributed by atoms with Crippen LogP contribution in [0, 0.1) is 5.92 Å². The fourth-order valence-corrected chi connectivity index (χ4v) is 4.19. The molecule has 0 unspecified atom stereocenters. The number of carbonyl (C=O) groups excluding carboxylic acids is 3. The summed E-state index contributed by atoms with van der Waals surface area (Å²) in [5, 5.41) is 5.74. The molecule has 146 valence electrons. The van der Waals surface area contributed by atoms with Crippen molar-refractivity contribution in [2.75, 3.05) is 20.1 Å². The maximum absolute atomic E-state index is 12.6. The zero-order valence-corrected chi connectivity index (χ0v) is 16.0. The molecule has 3 rings (SSSR count). The first kappa shape index (κ1) is 19.4. The van der Waals surface area contributed by atoms with E-state index >= 15 is 0 Å². The lowest BCUT2D eigenvalue weighted by Crippen LogP contribution is -2.64. The Hall–Kier alpha value is -2.37. The number of likely N-dealkylation sites (tertiary alicyclic amines) is 1. The quantitative estimate of drug-likeness (QED) is 0.826. The monoisotopic (exact) mass is 371 g/mol. The van der Waals surface area contributed by atoms with Crippen LogP contribution in [-0.4, -0.2) is 48.3 Å². The van der Waals surface area contributed by atoms with Gasteiger partial charge in [0.05, 0.1) is 6.42 Å². The Morgan fingerprint density at radius 3 is 2.30 bits per heavy atom. The lowest BCUT2D eigenvalue weighted by molar-refractivity contribution is -0.140. The van der Waals surface area contributed by atoms with Gasteiger partial charge in [0.15, 0.2) is 0 Å². The Morgan fingerprint density at radius 2 is 1.70 bits per heavy atom. The second-order valence-corrected chi connectivity index (χ2v) is 7.68. The van der Waals surface area contributed by atoms with Crippen molar-refractivity contribution in [3.63, 3.8) is 0 Å². The molecule has 6 heteroatoms. The first-order valence-corrected chi connectivity index (χ1v) is 9.90. The van der Waals surface area contributed by atoms with Crippen LogP contribution in [0.15, 0.2) is 30.3 Å². The molecule has 0 atom stereocenters. The highest BCUT2D eigenvalue weighted by Crippen LogP contribution is 2.28. The summed E-state index contributed by atoms with van der Waals surface area (Å²) in [5.41, 5.74) is 0.0815. The van der Waals surface area contributed by atoms with Gasteiger partial charge in [0.1, 0.15) is 5.54 Å². The van der Waals surface area contributed by atoms with Crippen LogP contribution in [0.25, 0.3) is 0 Å². The Bertz CT molecular complexity index is 675. The zero-order valence-electron chi connectivity index (χ0n) is 16.0. The van der Waals surface area contributed by atoms with Gasteiger partial charge in [-0.05, 0) is 31.2 Å². The van der Waals surface area contributed by atoms with Gasteiger partial charge in [-0.1, -0.05) is 43.2 Å². The second-order valence-electron chi connectivity index (χ2n) is 7.68. The van der Waals surface area contributed by atoms with Gasteiger partial charge in [-0.2, -0.15) is 0 Å². The van der Waals surface area contributed by atoms with Gasteiger partial charge in [0, 0.05) is 26.1 Å². The smallest absolute Gasteiger partial charge is 0.245 e. The van der Waals surface area contributed by atoms with Gasteiger partial charge in [-0.25, -0.2) is 0 Å². The van der Waals surface area contributed by atoms with Gasteiger partial charge in [-0.15, -0.1) is 0 Å². The molecule has 1 aromatic rings. The molecule has 1 saturated carbocycles. The van der Waals surface area contributed by atoms with Crippen LogP contribution >= 0.6 is 0 Å². The molecule has 1 aromatic carbocycles.